The van der Waals surface area contributed by atoms with Crippen LogP contribution in [0.15, 0.2) is 35.1 Å². The Bertz CT molecular complexity index is 600. The van der Waals surface area contributed by atoms with Gasteiger partial charge in [-0.15, -0.1) is 0 Å². The van der Waals surface area contributed by atoms with E-state index < -0.39 is 0 Å². The third kappa shape index (κ3) is 3.95. The molecule has 0 unspecified atom stereocenters. The zero-order valence-electron chi connectivity index (χ0n) is 12.0. The number of unbranched alkanes of at least 4 members (excludes halogenated alkanes) is 1. The van der Waals surface area contributed by atoms with Gasteiger partial charge in [0.15, 0.2) is 0 Å². The van der Waals surface area contributed by atoms with Gasteiger partial charge in [0, 0.05) is 12.5 Å². The quantitative estimate of drug-likeness (QED) is 0.823. The van der Waals surface area contributed by atoms with Gasteiger partial charge in [-0.25, -0.2) is 5.10 Å². The Morgan fingerprint density at radius 2 is 2.10 bits per heavy atom. The van der Waals surface area contributed by atoms with Gasteiger partial charge >= 0.3 is 0 Å². The number of aromatic amines is 1. The highest BCUT2D eigenvalue weighted by Crippen LogP contribution is 2.21. The summed E-state index contributed by atoms with van der Waals surface area (Å²) in [5.74, 6) is 0.931. The smallest absolute Gasteiger partial charge is 0.264 e. The molecule has 0 aliphatic rings. The summed E-state index contributed by atoms with van der Waals surface area (Å²) in [6.45, 7) is 4.94. The predicted octanol–water partition coefficient (Wildman–Crippen LogP) is 2.85. The van der Waals surface area contributed by atoms with Crippen LogP contribution in [0.25, 0.3) is 0 Å². The Hall–Kier alpha value is -2.10. The van der Waals surface area contributed by atoms with Crippen LogP contribution in [0.3, 0.4) is 0 Å². The molecule has 1 aromatic heterocycles. The van der Waals surface area contributed by atoms with Crippen molar-refractivity contribution in [3.63, 3.8) is 0 Å². The number of H-pyrrole nitrogens is 1. The molecule has 2 aromatic rings. The summed E-state index contributed by atoms with van der Waals surface area (Å²) in [5.41, 5.74) is 2.93. The van der Waals surface area contributed by atoms with Crippen LogP contribution < -0.4 is 10.3 Å². The van der Waals surface area contributed by atoms with Crippen molar-refractivity contribution in [2.75, 3.05) is 6.61 Å². The number of ether oxygens (including phenoxy) is 1. The lowest BCUT2D eigenvalue weighted by atomic mass is 10.1. The maximum atomic E-state index is 11.0. The van der Waals surface area contributed by atoms with E-state index in [9.17, 15) is 4.79 Å². The van der Waals surface area contributed by atoms with Crippen LogP contribution in [-0.4, -0.2) is 16.8 Å². The summed E-state index contributed by atoms with van der Waals surface area (Å²) >= 11 is 0. The lowest BCUT2D eigenvalue weighted by molar-refractivity contribution is 0.307. The molecule has 0 aliphatic carbocycles. The zero-order valence-corrected chi connectivity index (χ0v) is 12.0. The van der Waals surface area contributed by atoms with Gasteiger partial charge in [-0.1, -0.05) is 25.5 Å². The number of rotatable bonds is 6. The Balaban J connectivity index is 2.10. The van der Waals surface area contributed by atoms with Crippen LogP contribution in [-0.2, 0) is 6.42 Å². The molecule has 4 nitrogen and oxygen atoms in total. The summed E-state index contributed by atoms with van der Waals surface area (Å²) < 4.78 is 5.80. The Kier molecular flexibility index (Phi) is 4.93. The van der Waals surface area contributed by atoms with Gasteiger partial charge in [0.25, 0.3) is 5.56 Å². The minimum atomic E-state index is -0.179. The molecule has 0 amide bonds. The second-order valence-electron chi connectivity index (χ2n) is 4.89. The number of nitrogens with one attached hydrogen (secondary N) is 1. The van der Waals surface area contributed by atoms with E-state index in [1.807, 2.05) is 6.92 Å². The summed E-state index contributed by atoms with van der Waals surface area (Å²) in [6, 6.07) is 9.42. The van der Waals surface area contributed by atoms with Gasteiger partial charge in [0.05, 0.1) is 12.3 Å². The molecule has 20 heavy (non-hydrogen) atoms. The first-order valence-corrected chi connectivity index (χ1v) is 6.96. The lowest BCUT2D eigenvalue weighted by Gasteiger charge is -2.10. The van der Waals surface area contributed by atoms with Crippen LogP contribution in [0, 0.1) is 6.92 Å². The van der Waals surface area contributed by atoms with Gasteiger partial charge in [-0.2, -0.15) is 5.10 Å². The number of nitrogens with zero attached hydrogens (tertiary/aromatic N) is 1. The Morgan fingerprint density at radius 3 is 2.80 bits per heavy atom. The molecule has 0 aliphatic heterocycles. The molecule has 0 fully saturated rings. The van der Waals surface area contributed by atoms with E-state index in [2.05, 4.69) is 35.3 Å². The second-order valence-corrected chi connectivity index (χ2v) is 4.89. The molecule has 1 heterocycles. The fraction of sp³-hybridized carbons (Fsp3) is 0.375. The number of hydrogen-bond donors (Lipinski definition) is 1. The Morgan fingerprint density at radius 1 is 1.25 bits per heavy atom. The largest absolute Gasteiger partial charge is 0.493 e. The van der Waals surface area contributed by atoms with E-state index >= 15 is 0 Å². The molecule has 1 N–H and O–H groups in total. The van der Waals surface area contributed by atoms with Crippen molar-refractivity contribution in [2.45, 2.75) is 33.1 Å². The van der Waals surface area contributed by atoms with E-state index in [0.717, 1.165) is 42.0 Å². The van der Waals surface area contributed by atoms with Crippen molar-refractivity contribution in [3.05, 3.63) is 57.5 Å². The first kappa shape index (κ1) is 14.3. The minimum absolute atomic E-state index is 0.179. The van der Waals surface area contributed by atoms with E-state index in [-0.39, 0.29) is 5.56 Å². The zero-order chi connectivity index (χ0) is 14.4. The predicted molar refractivity (Wildman–Crippen MR) is 79.2 cm³/mol. The summed E-state index contributed by atoms with van der Waals surface area (Å²) in [7, 11) is 0. The van der Waals surface area contributed by atoms with Crippen LogP contribution in [0.2, 0.25) is 0 Å². The molecule has 1 aromatic carbocycles. The fourth-order valence-electron chi connectivity index (χ4n) is 1.92. The monoisotopic (exact) mass is 272 g/mol. The fourth-order valence-corrected chi connectivity index (χ4v) is 1.92. The summed E-state index contributed by atoms with van der Waals surface area (Å²) in [6.07, 6.45) is 2.87. The second kappa shape index (κ2) is 6.89. The average molecular weight is 272 g/mol. The highest BCUT2D eigenvalue weighted by Gasteiger charge is 2.04. The molecular formula is C16H20N2O2. The third-order valence-electron chi connectivity index (χ3n) is 3.13. The molecule has 106 valence electrons. The normalized spacial score (nSPS) is 10.5. The van der Waals surface area contributed by atoms with E-state index in [4.69, 9.17) is 4.74 Å². The third-order valence-corrected chi connectivity index (χ3v) is 3.13. The number of aromatic nitrogens is 2. The Labute approximate surface area is 118 Å². The van der Waals surface area contributed by atoms with E-state index in [1.165, 1.54) is 6.07 Å². The molecule has 0 radical (unpaired) electrons. The van der Waals surface area contributed by atoms with Crippen molar-refractivity contribution >= 4 is 0 Å². The molecule has 4 heteroatoms. The number of benzene rings is 1. The van der Waals surface area contributed by atoms with Crippen molar-refractivity contribution in [1.82, 2.24) is 10.2 Å². The molecule has 0 bridgehead atoms. The van der Waals surface area contributed by atoms with Gasteiger partial charge in [-0.3, -0.25) is 4.79 Å². The number of hydrogen-bond acceptors (Lipinski definition) is 3. The number of aryl methyl sites for hydroxylation is 1. The van der Waals surface area contributed by atoms with Gasteiger partial charge in [-0.05, 0) is 36.6 Å². The molecule has 0 spiro atoms. The first-order chi connectivity index (χ1) is 9.69. The van der Waals surface area contributed by atoms with Crippen LogP contribution in [0.5, 0.6) is 5.75 Å². The van der Waals surface area contributed by atoms with Crippen molar-refractivity contribution in [1.29, 1.82) is 0 Å². The minimum Gasteiger partial charge on any atom is -0.493 e. The first-order valence-electron chi connectivity index (χ1n) is 6.96. The SMILES string of the molecule is CCCCOc1cc(Cc2ccc(=O)[nH]n2)ccc1C. The maximum Gasteiger partial charge on any atom is 0.264 e. The molecular weight excluding hydrogens is 252 g/mol. The maximum absolute atomic E-state index is 11.0. The van der Waals surface area contributed by atoms with Gasteiger partial charge in [0.2, 0.25) is 0 Å². The molecule has 0 atom stereocenters. The lowest BCUT2D eigenvalue weighted by Crippen LogP contribution is -2.07. The van der Waals surface area contributed by atoms with Crippen LogP contribution in [0.1, 0.15) is 36.6 Å². The summed E-state index contributed by atoms with van der Waals surface area (Å²) in [5, 5.41) is 6.47. The van der Waals surface area contributed by atoms with Crippen molar-refractivity contribution in [3.8, 4) is 5.75 Å². The highest BCUT2D eigenvalue weighted by atomic mass is 16.5. The topological polar surface area (TPSA) is 55.0 Å². The van der Waals surface area contributed by atoms with E-state index in [0.29, 0.717) is 6.42 Å². The van der Waals surface area contributed by atoms with Crippen LogP contribution >= 0.6 is 0 Å². The molecule has 2 rings (SSSR count). The van der Waals surface area contributed by atoms with Gasteiger partial charge < -0.3 is 4.74 Å². The van der Waals surface area contributed by atoms with Crippen molar-refractivity contribution in [2.24, 2.45) is 0 Å². The van der Waals surface area contributed by atoms with Gasteiger partial charge in [0.1, 0.15) is 5.75 Å². The average Bonchev–Trinajstić information content (AvgIpc) is 2.45. The van der Waals surface area contributed by atoms with E-state index in [1.54, 1.807) is 6.07 Å². The molecule has 0 saturated heterocycles. The highest BCUT2D eigenvalue weighted by molar-refractivity contribution is 5.37. The summed E-state index contributed by atoms with van der Waals surface area (Å²) in [4.78, 5) is 11.0. The van der Waals surface area contributed by atoms with Crippen LogP contribution in [0.4, 0.5) is 0 Å². The standard InChI is InChI=1S/C16H20N2O2/c1-3-4-9-20-15-11-13(6-5-12(15)2)10-14-7-8-16(19)18-17-14/h5-8,11H,3-4,9-10H2,1-2H3,(H,18,19). The van der Waals surface area contributed by atoms with Crippen molar-refractivity contribution < 1.29 is 4.74 Å². The molecule has 0 saturated carbocycles.